The van der Waals surface area contributed by atoms with Crippen molar-refractivity contribution >= 4 is 16.9 Å². The Morgan fingerprint density at radius 1 is 1.30 bits per heavy atom. The molecule has 1 aromatic carbocycles. The van der Waals surface area contributed by atoms with Crippen molar-refractivity contribution in [3.63, 3.8) is 0 Å². The zero-order valence-corrected chi connectivity index (χ0v) is 11.7. The van der Waals surface area contributed by atoms with E-state index in [-0.39, 0.29) is 11.9 Å². The maximum atomic E-state index is 12.0. The van der Waals surface area contributed by atoms with Crippen molar-refractivity contribution in [2.24, 2.45) is 0 Å². The SMILES string of the molecule is C[C@H](NC(=O)C=C1CCCC1)c1cc2ccccc2o1. The van der Waals surface area contributed by atoms with Crippen LogP contribution in [0, 0.1) is 0 Å². The van der Waals surface area contributed by atoms with Crippen LogP contribution < -0.4 is 5.32 Å². The number of amides is 1. The minimum Gasteiger partial charge on any atom is -0.459 e. The number of para-hydroxylation sites is 1. The summed E-state index contributed by atoms with van der Waals surface area (Å²) >= 11 is 0. The summed E-state index contributed by atoms with van der Waals surface area (Å²) in [6.45, 7) is 1.95. The molecule has 1 aliphatic rings. The Morgan fingerprint density at radius 3 is 2.80 bits per heavy atom. The Morgan fingerprint density at radius 2 is 2.05 bits per heavy atom. The van der Waals surface area contributed by atoms with Crippen LogP contribution in [0.3, 0.4) is 0 Å². The van der Waals surface area contributed by atoms with Gasteiger partial charge in [-0.3, -0.25) is 4.79 Å². The van der Waals surface area contributed by atoms with Gasteiger partial charge in [-0.2, -0.15) is 0 Å². The van der Waals surface area contributed by atoms with E-state index >= 15 is 0 Å². The van der Waals surface area contributed by atoms with Crippen molar-refractivity contribution in [2.75, 3.05) is 0 Å². The quantitative estimate of drug-likeness (QED) is 0.852. The summed E-state index contributed by atoms with van der Waals surface area (Å²) in [6, 6.07) is 9.75. The van der Waals surface area contributed by atoms with Crippen LogP contribution in [0.2, 0.25) is 0 Å². The number of benzene rings is 1. The van der Waals surface area contributed by atoms with E-state index < -0.39 is 0 Å². The number of carbonyl (C=O) groups is 1. The molecule has 104 valence electrons. The summed E-state index contributed by atoms with van der Waals surface area (Å²) in [5.74, 6) is 0.777. The van der Waals surface area contributed by atoms with E-state index in [9.17, 15) is 4.79 Å². The monoisotopic (exact) mass is 269 g/mol. The zero-order valence-electron chi connectivity index (χ0n) is 11.7. The molecule has 0 aliphatic heterocycles. The van der Waals surface area contributed by atoms with Crippen LogP contribution in [0.1, 0.15) is 44.4 Å². The summed E-state index contributed by atoms with van der Waals surface area (Å²) in [5.41, 5.74) is 2.12. The second kappa shape index (κ2) is 5.53. The molecule has 0 radical (unpaired) electrons. The molecule has 20 heavy (non-hydrogen) atoms. The number of allylic oxidation sites excluding steroid dienone is 1. The molecule has 0 bridgehead atoms. The molecule has 1 heterocycles. The third-order valence-corrected chi connectivity index (χ3v) is 3.81. The smallest absolute Gasteiger partial charge is 0.244 e. The first-order chi connectivity index (χ1) is 9.72. The lowest BCUT2D eigenvalue weighted by molar-refractivity contribution is -0.117. The summed E-state index contributed by atoms with van der Waals surface area (Å²) in [5, 5.41) is 4.04. The molecule has 1 N–H and O–H groups in total. The second-order valence-corrected chi connectivity index (χ2v) is 5.43. The number of hydrogen-bond acceptors (Lipinski definition) is 2. The summed E-state index contributed by atoms with van der Waals surface area (Å²) in [7, 11) is 0. The second-order valence-electron chi connectivity index (χ2n) is 5.43. The zero-order chi connectivity index (χ0) is 13.9. The van der Waals surface area contributed by atoms with Crippen LogP contribution in [0.5, 0.6) is 0 Å². The van der Waals surface area contributed by atoms with Gasteiger partial charge in [-0.15, -0.1) is 0 Å². The van der Waals surface area contributed by atoms with Crippen LogP contribution in [0.25, 0.3) is 11.0 Å². The number of rotatable bonds is 3. The van der Waals surface area contributed by atoms with E-state index in [2.05, 4.69) is 5.32 Å². The van der Waals surface area contributed by atoms with Crippen LogP contribution in [-0.2, 0) is 4.79 Å². The highest BCUT2D eigenvalue weighted by Crippen LogP contribution is 2.25. The minimum atomic E-state index is -0.117. The lowest BCUT2D eigenvalue weighted by Crippen LogP contribution is -2.24. The van der Waals surface area contributed by atoms with Gasteiger partial charge in [-0.05, 0) is 44.7 Å². The van der Waals surface area contributed by atoms with Gasteiger partial charge in [0, 0.05) is 11.5 Å². The number of carbonyl (C=O) groups excluding carboxylic acids is 1. The molecule has 1 atom stereocenters. The van der Waals surface area contributed by atoms with E-state index in [0.29, 0.717) is 0 Å². The average molecular weight is 269 g/mol. The predicted octanol–water partition coefficient (Wildman–Crippen LogP) is 4.11. The Kier molecular flexibility index (Phi) is 3.59. The number of furan rings is 1. The summed E-state index contributed by atoms with van der Waals surface area (Å²) < 4.78 is 5.77. The first-order valence-electron chi connectivity index (χ1n) is 7.21. The molecule has 3 nitrogen and oxygen atoms in total. The fourth-order valence-corrected chi connectivity index (χ4v) is 2.70. The van der Waals surface area contributed by atoms with Gasteiger partial charge < -0.3 is 9.73 Å². The molecule has 0 spiro atoms. The summed E-state index contributed by atoms with van der Waals surface area (Å²) in [6.07, 6.45) is 6.29. The molecule has 3 heteroatoms. The first kappa shape index (κ1) is 13.0. The van der Waals surface area contributed by atoms with Crippen molar-refractivity contribution in [2.45, 2.75) is 38.6 Å². The Hall–Kier alpha value is -2.03. The van der Waals surface area contributed by atoms with Gasteiger partial charge in [-0.25, -0.2) is 0 Å². The lowest BCUT2D eigenvalue weighted by atomic mass is 10.2. The van der Waals surface area contributed by atoms with Gasteiger partial charge in [0.1, 0.15) is 11.3 Å². The molecule has 1 aromatic heterocycles. The molecule has 1 fully saturated rings. The van der Waals surface area contributed by atoms with E-state index in [1.165, 1.54) is 18.4 Å². The first-order valence-corrected chi connectivity index (χ1v) is 7.21. The van der Waals surface area contributed by atoms with E-state index in [1.807, 2.05) is 37.3 Å². The molecule has 0 saturated heterocycles. The fraction of sp³-hybridized carbons (Fsp3) is 0.353. The largest absolute Gasteiger partial charge is 0.459 e. The summed E-state index contributed by atoms with van der Waals surface area (Å²) in [4.78, 5) is 12.0. The Labute approximate surface area is 118 Å². The molecule has 1 aliphatic carbocycles. The standard InChI is InChI=1S/C17H19NO2/c1-12(18-17(19)10-13-6-2-3-7-13)16-11-14-8-4-5-9-15(14)20-16/h4-5,8-12H,2-3,6-7H2,1H3,(H,18,19)/t12-/m0/s1. The molecular weight excluding hydrogens is 250 g/mol. The van der Waals surface area contributed by atoms with Gasteiger partial charge in [0.05, 0.1) is 6.04 Å². The molecule has 1 amide bonds. The maximum Gasteiger partial charge on any atom is 0.244 e. The van der Waals surface area contributed by atoms with Gasteiger partial charge in [0.25, 0.3) is 0 Å². The Bertz CT molecular complexity index is 613. The minimum absolute atomic E-state index is 0.0187. The highest BCUT2D eigenvalue weighted by molar-refractivity contribution is 5.88. The fourth-order valence-electron chi connectivity index (χ4n) is 2.70. The van der Waals surface area contributed by atoms with Crippen LogP contribution in [-0.4, -0.2) is 5.91 Å². The molecule has 2 aromatic rings. The Balaban J connectivity index is 1.70. The number of fused-ring (bicyclic) bond motifs is 1. The van der Waals surface area contributed by atoms with E-state index in [0.717, 1.165) is 29.6 Å². The van der Waals surface area contributed by atoms with Crippen molar-refractivity contribution in [3.05, 3.63) is 47.7 Å². The van der Waals surface area contributed by atoms with Crippen LogP contribution in [0.4, 0.5) is 0 Å². The van der Waals surface area contributed by atoms with Gasteiger partial charge >= 0.3 is 0 Å². The highest BCUT2D eigenvalue weighted by atomic mass is 16.3. The molecule has 3 rings (SSSR count). The molecule has 1 saturated carbocycles. The van der Waals surface area contributed by atoms with E-state index in [1.54, 1.807) is 6.08 Å². The molecular formula is C17H19NO2. The van der Waals surface area contributed by atoms with Crippen molar-refractivity contribution in [1.82, 2.24) is 5.32 Å². The normalized spacial score (nSPS) is 16.4. The van der Waals surface area contributed by atoms with Crippen molar-refractivity contribution < 1.29 is 9.21 Å². The highest BCUT2D eigenvalue weighted by Gasteiger charge is 2.14. The third-order valence-electron chi connectivity index (χ3n) is 3.81. The van der Waals surface area contributed by atoms with Crippen LogP contribution >= 0.6 is 0 Å². The van der Waals surface area contributed by atoms with Crippen molar-refractivity contribution in [3.8, 4) is 0 Å². The van der Waals surface area contributed by atoms with Gasteiger partial charge in [0.15, 0.2) is 0 Å². The van der Waals surface area contributed by atoms with Gasteiger partial charge in [0.2, 0.25) is 5.91 Å². The van der Waals surface area contributed by atoms with Crippen molar-refractivity contribution in [1.29, 1.82) is 0 Å². The third kappa shape index (κ3) is 2.77. The van der Waals surface area contributed by atoms with Crippen LogP contribution in [0.15, 0.2) is 46.4 Å². The average Bonchev–Trinajstić information content (AvgIpc) is 3.06. The topological polar surface area (TPSA) is 42.2 Å². The number of hydrogen-bond donors (Lipinski definition) is 1. The lowest BCUT2D eigenvalue weighted by Gasteiger charge is -2.09. The van der Waals surface area contributed by atoms with E-state index in [4.69, 9.17) is 4.42 Å². The molecule has 0 unspecified atom stereocenters. The van der Waals surface area contributed by atoms with Gasteiger partial charge in [-0.1, -0.05) is 23.8 Å². The number of nitrogens with one attached hydrogen (secondary N) is 1. The maximum absolute atomic E-state index is 12.0. The predicted molar refractivity (Wildman–Crippen MR) is 79.3 cm³/mol.